The summed E-state index contributed by atoms with van der Waals surface area (Å²) >= 11 is 0. The van der Waals surface area contributed by atoms with E-state index in [4.69, 9.17) is 14.2 Å². The lowest BCUT2D eigenvalue weighted by molar-refractivity contribution is -0.150. The quantitative estimate of drug-likeness (QED) is 0.430. The number of rotatable bonds is 9. The molecular formula is C29H39FN2O7. The molecular weight excluding hydrogens is 507 g/mol. The maximum atomic E-state index is 14.9. The van der Waals surface area contributed by atoms with E-state index in [1.807, 2.05) is 0 Å². The molecule has 1 aromatic carbocycles. The Bertz CT molecular complexity index is 1130. The molecule has 39 heavy (non-hydrogen) atoms. The van der Waals surface area contributed by atoms with Crippen molar-refractivity contribution in [1.82, 2.24) is 10.6 Å². The van der Waals surface area contributed by atoms with Gasteiger partial charge in [0, 0.05) is 12.6 Å². The number of methoxy groups -OCH3 is 1. The van der Waals surface area contributed by atoms with E-state index in [0.29, 0.717) is 32.2 Å². The van der Waals surface area contributed by atoms with Gasteiger partial charge in [-0.15, -0.1) is 0 Å². The van der Waals surface area contributed by atoms with Crippen LogP contribution in [0.1, 0.15) is 82.0 Å². The molecule has 5 rings (SSSR count). The molecule has 4 aliphatic rings. The average Bonchev–Trinajstić information content (AvgIpc) is 3.50. The Morgan fingerprint density at radius 2 is 1.74 bits per heavy atom. The summed E-state index contributed by atoms with van der Waals surface area (Å²) in [5.74, 6) is -2.64. The minimum atomic E-state index is -0.843. The monoisotopic (exact) mass is 546 g/mol. The summed E-state index contributed by atoms with van der Waals surface area (Å²) in [7, 11) is 1.36. The van der Waals surface area contributed by atoms with Crippen molar-refractivity contribution in [3.63, 3.8) is 0 Å². The molecule has 214 valence electrons. The minimum absolute atomic E-state index is 0.0578. The Balaban J connectivity index is 1.28. The van der Waals surface area contributed by atoms with Gasteiger partial charge in [-0.1, -0.05) is 13.3 Å². The van der Waals surface area contributed by atoms with Crippen molar-refractivity contribution in [2.45, 2.75) is 96.0 Å². The molecule has 10 heteroatoms. The summed E-state index contributed by atoms with van der Waals surface area (Å²) < 4.78 is 32.2. The predicted molar refractivity (Wildman–Crippen MR) is 139 cm³/mol. The largest absolute Gasteiger partial charge is 0.496 e. The van der Waals surface area contributed by atoms with E-state index >= 15 is 0 Å². The van der Waals surface area contributed by atoms with Gasteiger partial charge < -0.3 is 30.0 Å². The summed E-state index contributed by atoms with van der Waals surface area (Å²) in [6.07, 6.45) is 5.79. The van der Waals surface area contributed by atoms with Crippen LogP contribution in [-0.2, 0) is 14.3 Å². The maximum absolute atomic E-state index is 14.9. The summed E-state index contributed by atoms with van der Waals surface area (Å²) in [4.78, 5) is 38.2. The number of benzene rings is 1. The highest BCUT2D eigenvalue weighted by atomic mass is 19.1. The SMILES string of the molecule is COc1cc(F)c(OC2CCC(C)(C(=O)O)CC2)cc1C(=O)N[C@H]1C(C(=O)NCC2(C)CCC2)C2CC[C@@H]1O2. The first-order chi connectivity index (χ1) is 18.5. The van der Waals surface area contributed by atoms with Crippen molar-refractivity contribution in [1.29, 1.82) is 0 Å². The lowest BCUT2D eigenvalue weighted by atomic mass is 9.70. The van der Waals surface area contributed by atoms with Crippen LogP contribution in [0.2, 0.25) is 0 Å². The molecule has 2 bridgehead atoms. The van der Waals surface area contributed by atoms with Gasteiger partial charge >= 0.3 is 5.97 Å². The fourth-order valence-corrected chi connectivity index (χ4v) is 6.51. The number of carbonyl (C=O) groups is 3. The Labute approximate surface area is 228 Å². The molecule has 4 fully saturated rings. The van der Waals surface area contributed by atoms with Crippen LogP contribution in [0.4, 0.5) is 4.39 Å². The fraction of sp³-hybridized carbons (Fsp3) is 0.690. The Morgan fingerprint density at radius 1 is 1.05 bits per heavy atom. The number of nitrogens with one attached hydrogen (secondary N) is 2. The number of aliphatic carboxylic acids is 1. The van der Waals surface area contributed by atoms with Gasteiger partial charge in [-0.2, -0.15) is 0 Å². The normalized spacial score (nSPS) is 32.7. The lowest BCUT2D eigenvalue weighted by Crippen LogP contribution is -2.53. The van der Waals surface area contributed by atoms with Crippen LogP contribution in [-0.4, -0.2) is 60.9 Å². The van der Waals surface area contributed by atoms with Crippen LogP contribution in [0.3, 0.4) is 0 Å². The number of carbonyl (C=O) groups excluding carboxylic acids is 2. The maximum Gasteiger partial charge on any atom is 0.309 e. The van der Waals surface area contributed by atoms with Gasteiger partial charge in [-0.05, 0) is 69.8 Å². The van der Waals surface area contributed by atoms with E-state index in [1.165, 1.54) is 19.6 Å². The molecule has 2 saturated carbocycles. The third-order valence-electron chi connectivity index (χ3n) is 9.47. The van der Waals surface area contributed by atoms with E-state index in [2.05, 4.69) is 17.6 Å². The van der Waals surface area contributed by atoms with Gasteiger partial charge in [-0.3, -0.25) is 14.4 Å². The molecule has 2 unspecified atom stereocenters. The van der Waals surface area contributed by atoms with Gasteiger partial charge in [0.2, 0.25) is 5.91 Å². The summed E-state index contributed by atoms with van der Waals surface area (Å²) in [6, 6.07) is 1.95. The van der Waals surface area contributed by atoms with E-state index in [1.54, 1.807) is 6.92 Å². The summed E-state index contributed by atoms with van der Waals surface area (Å²) in [5.41, 5.74) is -0.580. The minimum Gasteiger partial charge on any atom is -0.496 e. The van der Waals surface area contributed by atoms with Gasteiger partial charge in [0.25, 0.3) is 5.91 Å². The van der Waals surface area contributed by atoms with Crippen LogP contribution >= 0.6 is 0 Å². The predicted octanol–water partition coefficient (Wildman–Crippen LogP) is 3.83. The number of ether oxygens (including phenoxy) is 3. The average molecular weight is 547 g/mol. The topological polar surface area (TPSA) is 123 Å². The van der Waals surface area contributed by atoms with Gasteiger partial charge in [0.1, 0.15) is 5.75 Å². The molecule has 2 amide bonds. The summed E-state index contributed by atoms with van der Waals surface area (Å²) in [5, 5.41) is 15.5. The molecule has 2 aliphatic heterocycles. The molecule has 1 aromatic rings. The molecule has 9 nitrogen and oxygen atoms in total. The molecule has 3 N–H and O–H groups in total. The van der Waals surface area contributed by atoms with Crippen molar-refractivity contribution in [2.75, 3.05) is 13.7 Å². The standard InChI is InChI=1S/C29H39FN2O7/c1-28(9-4-10-28)15-31-26(34)23-19-5-6-20(39-19)24(23)32-25(33)17-13-22(18(30)14-21(17)37-3)38-16-7-11-29(2,12-8-16)27(35)36/h13-14,16,19-20,23-24H,4-12,15H2,1-3H3,(H,31,34)(H,32,33)(H,35,36)/t16?,19?,20-,23?,24+,29?/m0/s1. The van der Waals surface area contributed by atoms with E-state index in [0.717, 1.165) is 31.7 Å². The smallest absolute Gasteiger partial charge is 0.309 e. The number of halogens is 1. The molecule has 2 aliphatic carbocycles. The number of hydrogen-bond acceptors (Lipinski definition) is 6. The number of hydrogen-bond donors (Lipinski definition) is 3. The number of carboxylic acid groups (broad SMARTS) is 1. The Kier molecular flexibility index (Phi) is 7.52. The van der Waals surface area contributed by atoms with E-state index in [-0.39, 0.29) is 46.7 Å². The highest BCUT2D eigenvalue weighted by molar-refractivity contribution is 5.98. The number of amides is 2. The first-order valence-corrected chi connectivity index (χ1v) is 14.0. The molecule has 0 radical (unpaired) electrons. The molecule has 0 aromatic heterocycles. The zero-order chi connectivity index (χ0) is 27.9. The van der Waals surface area contributed by atoms with Gasteiger partial charge in [-0.25, -0.2) is 4.39 Å². The van der Waals surface area contributed by atoms with Crippen LogP contribution < -0.4 is 20.1 Å². The second-order valence-electron chi connectivity index (χ2n) is 12.4. The molecule has 4 atom stereocenters. The second-order valence-corrected chi connectivity index (χ2v) is 12.4. The first kappa shape index (κ1) is 27.7. The first-order valence-electron chi connectivity index (χ1n) is 14.0. The van der Waals surface area contributed by atoms with Crippen molar-refractivity contribution in [3.05, 3.63) is 23.5 Å². The Hall–Kier alpha value is -2.88. The fourth-order valence-electron chi connectivity index (χ4n) is 6.51. The van der Waals surface area contributed by atoms with Crippen molar-refractivity contribution in [2.24, 2.45) is 16.7 Å². The van der Waals surface area contributed by atoms with Crippen LogP contribution in [0.25, 0.3) is 0 Å². The Morgan fingerprint density at radius 3 is 2.36 bits per heavy atom. The van der Waals surface area contributed by atoms with E-state index < -0.39 is 35.1 Å². The van der Waals surface area contributed by atoms with Crippen molar-refractivity contribution >= 4 is 17.8 Å². The second kappa shape index (κ2) is 10.6. The van der Waals surface area contributed by atoms with Gasteiger partial charge in [0.05, 0.1) is 48.4 Å². The highest BCUT2D eigenvalue weighted by Gasteiger charge is 2.53. The number of carboxylic acids is 1. The van der Waals surface area contributed by atoms with Crippen LogP contribution in [0.5, 0.6) is 11.5 Å². The van der Waals surface area contributed by atoms with Crippen molar-refractivity contribution < 1.29 is 38.1 Å². The molecule has 2 saturated heterocycles. The van der Waals surface area contributed by atoms with E-state index in [9.17, 15) is 23.9 Å². The van der Waals surface area contributed by atoms with Gasteiger partial charge in [0.15, 0.2) is 11.6 Å². The zero-order valence-corrected chi connectivity index (χ0v) is 22.9. The highest BCUT2D eigenvalue weighted by Crippen LogP contribution is 2.42. The zero-order valence-electron chi connectivity index (χ0n) is 22.9. The van der Waals surface area contributed by atoms with Crippen molar-refractivity contribution in [3.8, 4) is 11.5 Å². The van der Waals surface area contributed by atoms with Crippen LogP contribution in [0.15, 0.2) is 12.1 Å². The molecule has 0 spiro atoms. The lowest BCUT2D eigenvalue weighted by Gasteiger charge is -2.39. The third kappa shape index (κ3) is 5.44. The molecule has 2 heterocycles. The number of fused-ring (bicyclic) bond motifs is 2. The van der Waals surface area contributed by atoms with Crippen LogP contribution in [0, 0.1) is 22.6 Å². The summed E-state index contributed by atoms with van der Waals surface area (Å²) in [6.45, 7) is 4.49. The third-order valence-corrected chi connectivity index (χ3v) is 9.47.